The van der Waals surface area contributed by atoms with E-state index in [0.717, 1.165) is 19.2 Å². The van der Waals surface area contributed by atoms with Crippen LogP contribution in [0.4, 0.5) is 13.2 Å². The zero-order valence-corrected chi connectivity index (χ0v) is 21.7. The van der Waals surface area contributed by atoms with Crippen molar-refractivity contribution in [2.45, 2.75) is 51.0 Å². The molecule has 192 valence electrons. The molecule has 5 nitrogen and oxygen atoms in total. The van der Waals surface area contributed by atoms with E-state index >= 15 is 0 Å². The van der Waals surface area contributed by atoms with E-state index in [4.69, 9.17) is 11.6 Å². The van der Waals surface area contributed by atoms with Gasteiger partial charge < -0.3 is 5.32 Å². The van der Waals surface area contributed by atoms with Crippen molar-refractivity contribution < 1.29 is 22.2 Å². The molecule has 0 spiro atoms. The number of hydrogen-bond donors (Lipinski definition) is 1. The number of alkyl halides is 3. The zero-order chi connectivity index (χ0) is 25.8. The molecule has 1 heterocycles. The van der Waals surface area contributed by atoms with Crippen LogP contribution in [0.2, 0.25) is 5.02 Å². The highest BCUT2D eigenvalue weighted by Gasteiger charge is 2.34. The van der Waals surface area contributed by atoms with Gasteiger partial charge in [-0.25, -0.2) is 0 Å². The quantitative estimate of drug-likeness (QED) is 0.526. The van der Waals surface area contributed by atoms with Gasteiger partial charge in [-0.05, 0) is 55.3 Å². The van der Waals surface area contributed by atoms with Crippen LogP contribution in [0.1, 0.15) is 47.8 Å². The van der Waals surface area contributed by atoms with Crippen molar-refractivity contribution in [2.75, 3.05) is 31.9 Å². The van der Waals surface area contributed by atoms with Crippen molar-refractivity contribution in [1.29, 1.82) is 0 Å². The highest BCUT2D eigenvalue weighted by atomic mass is 35.5. The minimum Gasteiger partial charge on any atom is -0.348 e. The molecule has 35 heavy (non-hydrogen) atoms. The number of piperazine rings is 1. The molecule has 1 atom stereocenters. The third kappa shape index (κ3) is 7.29. The van der Waals surface area contributed by atoms with Gasteiger partial charge in [0.2, 0.25) is 0 Å². The molecule has 0 radical (unpaired) electrons. The predicted molar refractivity (Wildman–Crippen MR) is 133 cm³/mol. The van der Waals surface area contributed by atoms with Crippen LogP contribution in [0.5, 0.6) is 0 Å². The standard InChI is InChI=1S/C25H31ClF3N3O2S/c1-4-35(34)23-8-7-21(26)13-20(23)15-30-24(33)18-5-6-19(22(14-18)25(27,28)29)16-31-9-11-32(12-10-31)17(2)3/h5-8,13-14,17H,4,9-12,15-16H2,1-3H3,(H,30,33). The molecule has 3 rings (SSSR count). The van der Waals surface area contributed by atoms with E-state index in [1.165, 1.54) is 12.1 Å². The first-order valence-corrected chi connectivity index (χ1v) is 13.3. The number of carbonyl (C=O) groups excluding carboxylic acids is 1. The largest absolute Gasteiger partial charge is 0.416 e. The molecule has 1 N–H and O–H groups in total. The van der Waals surface area contributed by atoms with Crippen molar-refractivity contribution in [3.05, 3.63) is 63.7 Å². The number of benzene rings is 2. The fourth-order valence-corrected chi connectivity index (χ4v) is 5.29. The van der Waals surface area contributed by atoms with Crippen molar-refractivity contribution in [3.8, 4) is 0 Å². The Hall–Kier alpha value is -1.94. The minimum absolute atomic E-state index is 0.00367. The molecule has 1 amide bonds. The van der Waals surface area contributed by atoms with Gasteiger partial charge in [0.1, 0.15) is 0 Å². The first-order chi connectivity index (χ1) is 16.5. The summed E-state index contributed by atoms with van der Waals surface area (Å²) < 4.78 is 53.9. The van der Waals surface area contributed by atoms with E-state index in [2.05, 4.69) is 24.1 Å². The van der Waals surface area contributed by atoms with Gasteiger partial charge in [-0.15, -0.1) is 0 Å². The van der Waals surface area contributed by atoms with Crippen LogP contribution in [0.3, 0.4) is 0 Å². The highest BCUT2D eigenvalue weighted by Crippen LogP contribution is 2.33. The van der Waals surface area contributed by atoms with Gasteiger partial charge >= 0.3 is 6.18 Å². The van der Waals surface area contributed by atoms with Crippen molar-refractivity contribution >= 4 is 28.3 Å². The van der Waals surface area contributed by atoms with Crippen LogP contribution in [-0.4, -0.2) is 57.9 Å². The van der Waals surface area contributed by atoms with Crippen molar-refractivity contribution in [2.24, 2.45) is 0 Å². The zero-order valence-electron chi connectivity index (χ0n) is 20.1. The summed E-state index contributed by atoms with van der Waals surface area (Å²) in [5, 5.41) is 3.06. The Balaban J connectivity index is 1.74. The van der Waals surface area contributed by atoms with E-state index in [-0.39, 0.29) is 24.2 Å². The van der Waals surface area contributed by atoms with Crippen LogP contribution in [0.15, 0.2) is 41.3 Å². The number of rotatable bonds is 8. The SMILES string of the molecule is CCS(=O)c1ccc(Cl)cc1CNC(=O)c1ccc(CN2CCN(C(C)C)CC2)c(C(F)(F)F)c1. The fraction of sp³-hybridized carbons (Fsp3) is 0.480. The Labute approximate surface area is 212 Å². The molecule has 0 aliphatic carbocycles. The number of amides is 1. The number of hydrogen-bond acceptors (Lipinski definition) is 4. The minimum atomic E-state index is -4.58. The molecule has 2 aromatic rings. The first-order valence-electron chi connectivity index (χ1n) is 11.6. The molecule has 0 bridgehead atoms. The molecule has 0 saturated carbocycles. The van der Waals surface area contributed by atoms with Gasteiger partial charge in [0, 0.05) is 66.5 Å². The van der Waals surface area contributed by atoms with Gasteiger partial charge in [0.05, 0.1) is 16.4 Å². The maximum Gasteiger partial charge on any atom is 0.416 e. The third-order valence-electron chi connectivity index (χ3n) is 6.18. The fourth-order valence-electron chi connectivity index (χ4n) is 4.14. The van der Waals surface area contributed by atoms with Crippen molar-refractivity contribution in [1.82, 2.24) is 15.1 Å². The molecular formula is C25H31ClF3N3O2S. The highest BCUT2D eigenvalue weighted by molar-refractivity contribution is 7.85. The van der Waals surface area contributed by atoms with E-state index in [0.29, 0.717) is 40.4 Å². The molecule has 1 unspecified atom stereocenters. The average molecular weight is 530 g/mol. The van der Waals surface area contributed by atoms with E-state index in [1.807, 2.05) is 4.90 Å². The second kappa shape index (κ2) is 11.9. The first kappa shape index (κ1) is 27.6. The molecule has 0 aromatic heterocycles. The van der Waals surface area contributed by atoms with E-state index in [9.17, 15) is 22.2 Å². The van der Waals surface area contributed by atoms with Gasteiger partial charge in [-0.1, -0.05) is 24.6 Å². The number of nitrogens with one attached hydrogen (secondary N) is 1. The smallest absolute Gasteiger partial charge is 0.348 e. The van der Waals surface area contributed by atoms with Gasteiger partial charge in [-0.2, -0.15) is 13.2 Å². The molecule has 1 aliphatic heterocycles. The Bertz CT molecular complexity index is 1070. The van der Waals surface area contributed by atoms with Gasteiger partial charge in [0.25, 0.3) is 5.91 Å². The summed E-state index contributed by atoms with van der Waals surface area (Å²) in [4.78, 5) is 17.6. The number of carbonyl (C=O) groups is 1. The molecule has 10 heteroatoms. The summed E-state index contributed by atoms with van der Waals surface area (Å²) in [6.07, 6.45) is -4.58. The molecular weight excluding hydrogens is 499 g/mol. The summed E-state index contributed by atoms with van der Waals surface area (Å²) >= 11 is 6.05. The summed E-state index contributed by atoms with van der Waals surface area (Å²) in [5.74, 6) is -0.244. The maximum absolute atomic E-state index is 13.9. The number of nitrogens with zero attached hydrogens (tertiary/aromatic N) is 2. The molecule has 1 fully saturated rings. The monoisotopic (exact) mass is 529 g/mol. The van der Waals surface area contributed by atoms with E-state index in [1.54, 1.807) is 25.1 Å². The van der Waals surface area contributed by atoms with Gasteiger partial charge in [-0.3, -0.25) is 18.8 Å². The Morgan fingerprint density at radius 2 is 1.77 bits per heavy atom. The second-order valence-electron chi connectivity index (χ2n) is 8.84. The van der Waals surface area contributed by atoms with Crippen molar-refractivity contribution in [3.63, 3.8) is 0 Å². The topological polar surface area (TPSA) is 52.7 Å². The summed E-state index contributed by atoms with van der Waals surface area (Å²) in [6.45, 7) is 9.19. The summed E-state index contributed by atoms with van der Waals surface area (Å²) in [5.41, 5.74) is -0.153. The third-order valence-corrected chi connectivity index (χ3v) is 7.83. The second-order valence-corrected chi connectivity index (χ2v) is 11.0. The predicted octanol–water partition coefficient (Wildman–Crippen LogP) is 4.94. The van der Waals surface area contributed by atoms with Crippen LogP contribution in [0.25, 0.3) is 0 Å². The maximum atomic E-state index is 13.9. The van der Waals surface area contributed by atoms with E-state index < -0.39 is 28.4 Å². The lowest BCUT2D eigenvalue weighted by molar-refractivity contribution is -0.138. The molecule has 2 aromatic carbocycles. The Kier molecular flexibility index (Phi) is 9.37. The van der Waals surface area contributed by atoms with Crippen LogP contribution >= 0.6 is 11.6 Å². The van der Waals surface area contributed by atoms with Crippen LogP contribution < -0.4 is 5.32 Å². The van der Waals surface area contributed by atoms with Crippen LogP contribution in [0, 0.1) is 0 Å². The lowest BCUT2D eigenvalue weighted by atomic mass is 10.0. The summed E-state index contributed by atoms with van der Waals surface area (Å²) in [6, 6.07) is 9.00. The number of halogens is 4. The van der Waals surface area contributed by atoms with Gasteiger partial charge in [0.15, 0.2) is 0 Å². The lowest BCUT2D eigenvalue weighted by Crippen LogP contribution is -2.48. The molecule has 1 saturated heterocycles. The Morgan fingerprint density at radius 1 is 1.09 bits per heavy atom. The van der Waals surface area contributed by atoms with Crippen LogP contribution in [-0.2, 0) is 30.1 Å². The summed E-state index contributed by atoms with van der Waals surface area (Å²) in [7, 11) is -1.26. The lowest BCUT2D eigenvalue weighted by Gasteiger charge is -2.37. The Morgan fingerprint density at radius 3 is 2.37 bits per heavy atom. The average Bonchev–Trinajstić information content (AvgIpc) is 2.82. The normalized spacial score (nSPS) is 16.5. The molecule has 1 aliphatic rings.